The molecule has 0 radical (unpaired) electrons. The lowest BCUT2D eigenvalue weighted by atomic mass is 10.1. The van der Waals surface area contributed by atoms with E-state index in [0.29, 0.717) is 0 Å². The van der Waals surface area contributed by atoms with Crippen LogP contribution >= 0.6 is 23.2 Å². The molecule has 3 N–H and O–H groups in total. The number of alkyl halides is 2. The first-order chi connectivity index (χ1) is 7.79. The van der Waals surface area contributed by atoms with E-state index < -0.39 is 42.0 Å². The van der Waals surface area contributed by atoms with Crippen LogP contribution in [0.25, 0.3) is 0 Å². The third-order valence-corrected chi connectivity index (χ3v) is 2.24. The second-order valence-electron chi connectivity index (χ2n) is 3.39. The van der Waals surface area contributed by atoms with Crippen LogP contribution in [0.1, 0.15) is 13.8 Å². The molecule has 0 spiro atoms. The number of hydrogen-bond donors (Lipinski definition) is 3. The van der Waals surface area contributed by atoms with Gasteiger partial charge in [0.05, 0.1) is 12.7 Å². The lowest BCUT2D eigenvalue weighted by Crippen LogP contribution is -2.42. The summed E-state index contributed by atoms with van der Waals surface area (Å²) >= 11 is 10.5. The number of rotatable bonds is 7. The Kier molecular flexibility index (Phi) is 8.02. The molecule has 8 heteroatoms. The van der Waals surface area contributed by atoms with Crippen molar-refractivity contribution in [1.29, 1.82) is 0 Å². The number of aliphatic hydroxyl groups excluding tert-OH is 3. The maximum absolute atomic E-state index is 11.0. The Morgan fingerprint density at radius 3 is 2.18 bits per heavy atom. The Bertz CT molecular complexity index is 236. The Labute approximate surface area is 109 Å². The van der Waals surface area contributed by atoms with Gasteiger partial charge >= 0.3 is 5.97 Å². The van der Waals surface area contributed by atoms with Gasteiger partial charge in [0.15, 0.2) is 0 Å². The van der Waals surface area contributed by atoms with E-state index in [1.807, 2.05) is 0 Å². The first-order valence-corrected chi connectivity index (χ1v) is 5.78. The third kappa shape index (κ3) is 6.40. The van der Waals surface area contributed by atoms with Crippen LogP contribution in [0, 0.1) is 0 Å². The molecule has 0 rings (SSSR count). The van der Waals surface area contributed by atoms with Gasteiger partial charge in [-0.15, -0.1) is 0 Å². The summed E-state index contributed by atoms with van der Waals surface area (Å²) in [5, 5.41) is 27.5. The maximum atomic E-state index is 11.0. The number of esters is 1. The van der Waals surface area contributed by atoms with Crippen LogP contribution < -0.4 is 0 Å². The van der Waals surface area contributed by atoms with Crippen LogP contribution in [-0.2, 0) is 14.3 Å². The van der Waals surface area contributed by atoms with Gasteiger partial charge in [-0.25, -0.2) is 4.79 Å². The minimum Gasteiger partial charge on any atom is -0.434 e. The smallest absolute Gasteiger partial charge is 0.341 e. The zero-order valence-electron chi connectivity index (χ0n) is 9.42. The van der Waals surface area contributed by atoms with Crippen molar-refractivity contribution in [2.75, 3.05) is 6.61 Å². The monoisotopic (exact) mass is 290 g/mol. The van der Waals surface area contributed by atoms with Gasteiger partial charge in [-0.05, 0) is 13.8 Å². The second-order valence-corrected chi connectivity index (χ2v) is 4.49. The van der Waals surface area contributed by atoms with E-state index in [0.717, 1.165) is 0 Å². The first kappa shape index (κ1) is 16.9. The van der Waals surface area contributed by atoms with Gasteiger partial charge in [-0.3, -0.25) is 0 Å². The molecule has 0 aliphatic heterocycles. The van der Waals surface area contributed by atoms with Crippen molar-refractivity contribution in [2.45, 2.75) is 43.3 Å². The average Bonchev–Trinajstić information content (AvgIpc) is 2.24. The number of ether oxygens (including phenoxy) is 2. The highest BCUT2D eigenvalue weighted by molar-refractivity contribution is 6.52. The summed E-state index contributed by atoms with van der Waals surface area (Å²) in [5.74, 6) is -0.899. The summed E-state index contributed by atoms with van der Waals surface area (Å²) in [7, 11) is 0. The summed E-state index contributed by atoms with van der Waals surface area (Å²) in [6.45, 7) is 2.16. The standard InChI is InChI=1S/C9H16Cl2O6/c1-4(13)7(14)6(3-12)16-5(2)17-9(15)8(10)11/h4-8,12-14H,3H2,1-2H3/t4-,5+,6?,7+/m1/s1. The molecule has 6 nitrogen and oxygen atoms in total. The van der Waals surface area contributed by atoms with Crippen molar-refractivity contribution >= 4 is 29.2 Å². The molecule has 0 aliphatic carbocycles. The molecule has 0 aliphatic rings. The van der Waals surface area contributed by atoms with Gasteiger partial charge in [-0.1, -0.05) is 23.2 Å². The van der Waals surface area contributed by atoms with Crippen LogP contribution in [0.4, 0.5) is 0 Å². The predicted molar refractivity (Wildman–Crippen MR) is 60.7 cm³/mol. The number of carbonyl (C=O) groups is 1. The number of aliphatic hydroxyl groups is 3. The minimum absolute atomic E-state index is 0.543. The molecule has 0 aromatic heterocycles. The zero-order chi connectivity index (χ0) is 13.6. The van der Waals surface area contributed by atoms with Crippen LogP contribution in [-0.4, -0.2) is 57.3 Å². The summed E-state index contributed by atoms with van der Waals surface area (Å²) in [5.41, 5.74) is 0. The van der Waals surface area contributed by atoms with E-state index in [4.69, 9.17) is 38.2 Å². The molecule has 0 bridgehead atoms. The third-order valence-electron chi connectivity index (χ3n) is 1.88. The summed E-state index contributed by atoms with van der Waals surface area (Å²) in [6.07, 6.45) is -4.54. The van der Waals surface area contributed by atoms with E-state index >= 15 is 0 Å². The fourth-order valence-electron chi connectivity index (χ4n) is 1.03. The number of carbonyl (C=O) groups excluding carboxylic acids is 1. The van der Waals surface area contributed by atoms with E-state index in [-0.39, 0.29) is 0 Å². The molecule has 0 aromatic carbocycles. The fraction of sp³-hybridized carbons (Fsp3) is 0.889. The van der Waals surface area contributed by atoms with Gasteiger partial charge in [0.25, 0.3) is 0 Å². The molecular formula is C9H16Cl2O6. The molecule has 0 aromatic rings. The molecule has 102 valence electrons. The van der Waals surface area contributed by atoms with Gasteiger partial charge in [0.1, 0.15) is 12.2 Å². The highest BCUT2D eigenvalue weighted by Crippen LogP contribution is 2.11. The van der Waals surface area contributed by atoms with Gasteiger partial charge < -0.3 is 24.8 Å². The largest absolute Gasteiger partial charge is 0.434 e. The lowest BCUT2D eigenvalue weighted by molar-refractivity contribution is -0.206. The summed E-state index contributed by atoms with van der Waals surface area (Å²) in [6, 6.07) is 0. The molecule has 0 fully saturated rings. The number of halogens is 2. The van der Waals surface area contributed by atoms with Crippen LogP contribution in [0.3, 0.4) is 0 Å². The normalized spacial score (nSPS) is 18.6. The maximum Gasteiger partial charge on any atom is 0.341 e. The highest BCUT2D eigenvalue weighted by atomic mass is 35.5. The summed E-state index contributed by atoms with van der Waals surface area (Å²) < 4.78 is 9.67. The molecule has 17 heavy (non-hydrogen) atoms. The second kappa shape index (κ2) is 8.07. The van der Waals surface area contributed by atoms with Gasteiger partial charge in [0.2, 0.25) is 11.1 Å². The molecule has 0 heterocycles. The molecule has 4 atom stereocenters. The minimum atomic E-state index is -1.34. The SMILES string of the molecule is C[C@H](OC(=O)C(Cl)Cl)OC(CO)[C@@H](O)[C@@H](C)O. The van der Waals surface area contributed by atoms with Crippen molar-refractivity contribution in [2.24, 2.45) is 0 Å². The van der Waals surface area contributed by atoms with E-state index in [1.54, 1.807) is 0 Å². The Hall–Kier alpha value is -0.110. The van der Waals surface area contributed by atoms with Crippen molar-refractivity contribution < 1.29 is 29.6 Å². The predicted octanol–water partition coefficient (Wildman–Crippen LogP) is -0.202. The Morgan fingerprint density at radius 1 is 1.29 bits per heavy atom. The van der Waals surface area contributed by atoms with Crippen LogP contribution in [0.15, 0.2) is 0 Å². The molecule has 0 amide bonds. The Morgan fingerprint density at radius 2 is 1.82 bits per heavy atom. The van der Waals surface area contributed by atoms with E-state index in [2.05, 4.69) is 4.74 Å². The highest BCUT2D eigenvalue weighted by Gasteiger charge is 2.27. The van der Waals surface area contributed by atoms with Crippen molar-refractivity contribution in [1.82, 2.24) is 0 Å². The van der Waals surface area contributed by atoms with Gasteiger partial charge in [-0.2, -0.15) is 0 Å². The number of hydrogen-bond acceptors (Lipinski definition) is 6. The molecule has 0 saturated carbocycles. The Balaban J connectivity index is 4.24. The van der Waals surface area contributed by atoms with E-state index in [9.17, 15) is 9.90 Å². The quantitative estimate of drug-likeness (QED) is 0.341. The average molecular weight is 291 g/mol. The molecule has 0 saturated heterocycles. The summed E-state index contributed by atoms with van der Waals surface area (Å²) in [4.78, 5) is 9.65. The molecule has 1 unspecified atom stereocenters. The van der Waals surface area contributed by atoms with Crippen molar-refractivity contribution in [3.63, 3.8) is 0 Å². The zero-order valence-corrected chi connectivity index (χ0v) is 10.9. The van der Waals surface area contributed by atoms with Crippen molar-refractivity contribution in [3.05, 3.63) is 0 Å². The topological polar surface area (TPSA) is 96.2 Å². The lowest BCUT2D eigenvalue weighted by Gasteiger charge is -2.26. The first-order valence-electron chi connectivity index (χ1n) is 4.90. The van der Waals surface area contributed by atoms with E-state index in [1.165, 1.54) is 13.8 Å². The molecular weight excluding hydrogens is 275 g/mol. The van der Waals surface area contributed by atoms with Gasteiger partial charge in [0, 0.05) is 0 Å². The fourth-order valence-corrected chi connectivity index (χ4v) is 1.13. The van der Waals surface area contributed by atoms with Crippen molar-refractivity contribution in [3.8, 4) is 0 Å². The van der Waals surface area contributed by atoms with Crippen LogP contribution in [0.2, 0.25) is 0 Å². The van der Waals surface area contributed by atoms with Crippen LogP contribution in [0.5, 0.6) is 0 Å².